The zero-order chi connectivity index (χ0) is 82.6. The lowest BCUT2D eigenvalue weighted by Crippen LogP contribution is -2.54. The van der Waals surface area contributed by atoms with Gasteiger partial charge in [-0.2, -0.15) is 0 Å². The number of hydrogen-bond acceptors (Lipinski definition) is 28. The number of rotatable bonds is 15. The molecule has 9 heterocycles. The number of carbonyl (C=O) groups is 13. The van der Waals surface area contributed by atoms with Gasteiger partial charge in [-0.3, -0.25) is 87.0 Å². The molecule has 12 rings (SSSR count). The molecule has 0 saturated carbocycles. The van der Waals surface area contributed by atoms with Gasteiger partial charge < -0.3 is 34.7 Å². The minimum atomic E-state index is -3.37. The molecule has 111 heavy (non-hydrogen) atoms. The van der Waals surface area contributed by atoms with Crippen LogP contribution in [0.4, 0.5) is 4.79 Å². The number of fused-ring (bicyclic) bond motifs is 1. The fourth-order valence-corrected chi connectivity index (χ4v) is 17.0. The second kappa shape index (κ2) is 44.3. The van der Waals surface area contributed by atoms with E-state index in [9.17, 15) is 70.7 Å². The number of hydrogen-bond donors (Lipinski definition) is 2. The van der Waals surface area contributed by atoms with Crippen LogP contribution in [0.15, 0.2) is 110 Å². The number of carboxylic acid groups (broad SMARTS) is 1. The van der Waals surface area contributed by atoms with Gasteiger partial charge in [0.2, 0.25) is 41.4 Å². The van der Waals surface area contributed by atoms with Crippen molar-refractivity contribution in [2.75, 3.05) is 90.4 Å². The molecule has 2 N–H and O–H groups in total. The monoisotopic (exact) mass is 1710 g/mol. The summed E-state index contributed by atoms with van der Waals surface area (Å²) in [6.45, 7) is 20.6. The van der Waals surface area contributed by atoms with Crippen molar-refractivity contribution in [3.63, 3.8) is 0 Å². The number of nitrogens with zero attached hydrogens (tertiary/aromatic N) is 13. The molecule has 0 aliphatic carbocycles. The summed E-state index contributed by atoms with van der Waals surface area (Å²) in [6.07, 6.45) is 0.913. The van der Waals surface area contributed by atoms with Crippen molar-refractivity contribution in [3.8, 4) is 6.07 Å². The van der Waals surface area contributed by atoms with E-state index in [1.165, 1.54) is 70.1 Å². The van der Waals surface area contributed by atoms with Gasteiger partial charge in [0.25, 0.3) is 24.0 Å². The zero-order valence-electron chi connectivity index (χ0n) is 60.7. The number of urea groups is 1. The van der Waals surface area contributed by atoms with Crippen molar-refractivity contribution in [2.45, 2.75) is 78.2 Å². The Kier molecular flexibility index (Phi) is 36.7. The topological polar surface area (TPSA) is 380 Å². The molecule has 11 amide bonds. The summed E-state index contributed by atoms with van der Waals surface area (Å²) in [6, 6.07) is 26.7. The quantitative estimate of drug-likeness (QED) is 0.0259. The van der Waals surface area contributed by atoms with Crippen molar-refractivity contribution in [3.05, 3.63) is 129 Å². The molecule has 588 valence electrons. The molecule has 9 aliphatic rings. The second-order valence-corrected chi connectivity index (χ2v) is 30.8. The van der Waals surface area contributed by atoms with E-state index in [1.54, 1.807) is 39.0 Å². The number of ether oxygens (including phenoxy) is 1. The molecule has 42 heteroatoms. The maximum absolute atomic E-state index is 12.3. The zero-order valence-corrected chi connectivity index (χ0v) is 68.8. The number of oxime groups is 1. The smallest absolute Gasteiger partial charge is 0.341 e. The van der Waals surface area contributed by atoms with Gasteiger partial charge in [-0.1, -0.05) is 156 Å². The Morgan fingerprint density at radius 2 is 1.22 bits per heavy atom. The summed E-state index contributed by atoms with van der Waals surface area (Å²) < 4.78 is 29.2. The molecule has 3 aromatic rings. The van der Waals surface area contributed by atoms with Crippen LogP contribution in [-0.2, 0) is 83.5 Å². The van der Waals surface area contributed by atoms with Crippen LogP contribution in [0.5, 0.6) is 0 Å². The fourth-order valence-electron chi connectivity index (χ4n) is 10.2. The lowest BCUT2D eigenvalue weighted by atomic mass is 10.1. The number of nitriles is 1. The number of thiocarbonyl (C=S) groups is 6. The van der Waals surface area contributed by atoms with Crippen LogP contribution in [0.1, 0.15) is 83.4 Å². The lowest BCUT2D eigenvalue weighted by molar-refractivity contribution is -0.142. The maximum atomic E-state index is 12.3. The van der Waals surface area contributed by atoms with Crippen LogP contribution in [0.25, 0.3) is 10.4 Å². The highest BCUT2D eigenvalue weighted by Crippen LogP contribution is 2.41. The largest absolute Gasteiger partial charge is 0.480 e. The standard InChI is InChI=1S/C12H14N2O4S3.C12H12N2O3S.C11H6N2O2S.C9H7NO2.C8H12N2O2S.C8H12N2OS2.C6H8N2O3.C3H3NOS2/c1-2-14-11(17)9(21-12(14)19)8-10(16)13(6-20-8)4-3-5-18-7-15;15-10-7-13(6-9-4-2-1-3-5-9)12(18)14(10)8-11(16)17;1-13-10(6-12)9-7-16(14,15)11-5-3-2-4-8(9)11;11-9-6-8(10-12-9)7-4-2-1-3-5-7;2*1-3-9-6(11)5-7(12)10(4-2)8(9)13;1-7-4(9)3-5(10)8(2)6(7)11;5-2-1-7-3(6)4-2/h7H,2-6H2,1H3;1-5H,6-8H2,(H,16,17);2-5H,7H2;1-5H,6H2;2*3-5H2,1-2H3;3H2,1-2H3;1H2,(H,4,5,6)/b9-8+;;10-9+;;;;;. The molecule has 0 aromatic heterocycles. The van der Waals surface area contributed by atoms with Crippen LogP contribution in [-0.4, -0.2) is 265 Å². The molecule has 0 unspecified atom stereocenters. The Bertz CT molecular complexity index is 4380. The Hall–Kier alpha value is -9.76. The summed E-state index contributed by atoms with van der Waals surface area (Å²) in [5, 5.41) is 24.8. The first-order valence-electron chi connectivity index (χ1n) is 33.3. The van der Waals surface area contributed by atoms with Gasteiger partial charge in [0.1, 0.15) is 34.6 Å². The highest BCUT2D eigenvalue weighted by molar-refractivity contribution is 8.27. The normalized spacial score (nSPS) is 18.7. The summed E-state index contributed by atoms with van der Waals surface area (Å²) in [7, 11) is -0.663. The summed E-state index contributed by atoms with van der Waals surface area (Å²) >= 11 is 34.0. The van der Waals surface area contributed by atoms with E-state index in [1.807, 2.05) is 100 Å². The fraction of sp³-hybridized carbons (Fsp3) is 0.362. The van der Waals surface area contributed by atoms with Gasteiger partial charge in [0.05, 0.1) is 74.9 Å². The number of allylic oxidation sites excluding steroid dienone is 1. The number of thioether (sulfide) groups is 3. The van der Waals surface area contributed by atoms with E-state index in [0.717, 1.165) is 32.4 Å². The van der Waals surface area contributed by atoms with E-state index < -0.39 is 33.7 Å². The number of amides is 11. The SMILES string of the molecule is CCN1C(=O)/C(=C2\SCN(CCCOC=O)C2=O)SC1=S.CCN1C(=O)CC(=O)N(CC)C1=S.CCN1C(=O)CC(=S)N(CC)C1=S.CN1C(=O)CC(=O)N(C)C1=O.O=C(O)CN1C(=O)CN(Cc2ccccc2)C1=S.O=C1CC(c2ccccc2)=NO1.O=C1CSC(=S)N1.[C-]#[N+]/C(C#N)=C1\CS(=O)(=O)c2ccccc21. The second-order valence-electron chi connectivity index (χ2n) is 23.0. The van der Waals surface area contributed by atoms with Crippen LogP contribution >= 0.6 is 109 Å². The van der Waals surface area contributed by atoms with Gasteiger partial charge in [0.15, 0.2) is 25.2 Å². The first-order chi connectivity index (χ1) is 52.7. The first-order valence-corrected chi connectivity index (χ1v) is 40.2. The number of aliphatic carboxylic acids is 1. The molecule has 3 aromatic carbocycles. The molecule has 0 atom stereocenters. The van der Waals surface area contributed by atoms with E-state index >= 15 is 0 Å². The third-order valence-electron chi connectivity index (χ3n) is 15.9. The summed E-state index contributed by atoms with van der Waals surface area (Å²) in [4.78, 5) is 168. The van der Waals surface area contributed by atoms with Crippen LogP contribution < -0.4 is 5.32 Å². The van der Waals surface area contributed by atoms with Crippen LogP contribution in [0.2, 0.25) is 0 Å². The Morgan fingerprint density at radius 1 is 0.676 bits per heavy atom. The van der Waals surface area contributed by atoms with Gasteiger partial charge in [0, 0.05) is 59.9 Å². The van der Waals surface area contributed by atoms with Gasteiger partial charge in [-0.05, 0) is 106 Å². The lowest BCUT2D eigenvalue weighted by Gasteiger charge is -2.36. The molecule has 9 aliphatic heterocycles. The van der Waals surface area contributed by atoms with E-state index in [0.29, 0.717) is 121 Å². The van der Waals surface area contributed by atoms with Crippen molar-refractivity contribution in [2.24, 2.45) is 5.16 Å². The third kappa shape index (κ3) is 25.4. The maximum Gasteiger partial charge on any atom is 0.341 e. The number of barbiturate groups is 1. The predicted octanol–water partition coefficient (Wildman–Crippen LogP) is 5.95. The number of carbonyl (C=O) groups excluding carboxylic acids is 12. The first kappa shape index (κ1) is 91.8. The van der Waals surface area contributed by atoms with Crippen molar-refractivity contribution in [1.82, 2.24) is 54.3 Å². The highest BCUT2D eigenvalue weighted by atomic mass is 32.2. The number of benzene rings is 3. The number of carboxylic acids is 1. The Labute approximate surface area is 684 Å². The number of imide groups is 2. The molecule has 7 fully saturated rings. The van der Waals surface area contributed by atoms with Crippen molar-refractivity contribution in [1.29, 1.82) is 5.26 Å². The molecule has 0 bridgehead atoms. The van der Waals surface area contributed by atoms with E-state index in [-0.39, 0.29) is 108 Å². The molecule has 7 saturated heterocycles. The third-order valence-corrected chi connectivity index (χ3v) is 23.2. The molecular weight excluding hydrogens is 1630 g/mol. The highest BCUT2D eigenvalue weighted by Gasteiger charge is 2.41. The minimum absolute atomic E-state index is 0.0159. The average molecular weight is 1710 g/mol. The molecule has 32 nitrogen and oxygen atoms in total. The van der Waals surface area contributed by atoms with E-state index in [2.05, 4.69) is 37.1 Å². The van der Waals surface area contributed by atoms with Gasteiger partial charge in [-0.25, -0.2) is 28.1 Å². The predicted molar refractivity (Wildman–Crippen MR) is 436 cm³/mol. The number of nitrogens with one attached hydrogen (secondary N) is 1. The Morgan fingerprint density at radius 3 is 1.70 bits per heavy atom. The minimum Gasteiger partial charge on any atom is -0.480 e. The van der Waals surface area contributed by atoms with Gasteiger partial charge in [-0.15, -0.1) is 0 Å². The Balaban J connectivity index is 0.000000230. The van der Waals surface area contributed by atoms with Crippen LogP contribution in [0, 0.1) is 17.9 Å². The molecular formula is C69H74N14O18S10. The van der Waals surface area contributed by atoms with Crippen molar-refractivity contribution >= 4 is 236 Å². The van der Waals surface area contributed by atoms with Gasteiger partial charge >= 0.3 is 18.0 Å². The van der Waals surface area contributed by atoms with Crippen LogP contribution in [0.3, 0.4) is 0 Å². The summed E-state index contributed by atoms with van der Waals surface area (Å²) in [5.41, 5.74) is 3.34. The number of likely N-dealkylation sites (N-methyl/N-ethyl adjacent to an activating group) is 1. The average Bonchev–Trinajstić information content (AvgIpc) is 1.64. The number of sulfone groups is 1. The molecule has 0 radical (unpaired) electrons. The van der Waals surface area contributed by atoms with E-state index in [4.69, 9.17) is 78.0 Å². The van der Waals surface area contributed by atoms with Crippen molar-refractivity contribution < 1.29 is 85.4 Å². The summed E-state index contributed by atoms with van der Waals surface area (Å²) in [5.74, 6) is -2.43. The molecule has 0 spiro atoms.